The minimum atomic E-state index is 0.322. The molecular formula is C13H19NO. The average molecular weight is 205 g/mol. The van der Waals surface area contributed by atoms with E-state index in [-0.39, 0.29) is 0 Å². The van der Waals surface area contributed by atoms with Gasteiger partial charge in [-0.2, -0.15) is 0 Å². The van der Waals surface area contributed by atoms with Crippen molar-refractivity contribution < 1.29 is 4.74 Å². The third-order valence-corrected chi connectivity index (χ3v) is 3.10. The third kappa shape index (κ3) is 2.32. The Bertz CT molecular complexity index is 335. The number of hydrogen-bond acceptors (Lipinski definition) is 2. The molecule has 0 saturated carbocycles. The molecule has 0 aromatic heterocycles. The molecule has 0 spiro atoms. The molecule has 0 fully saturated rings. The number of aryl methyl sites for hydroxylation is 1. The Hall–Kier alpha value is -1.02. The SMILES string of the molecule is CCC(N)CCc1cccc2c1OCC2. The summed E-state index contributed by atoms with van der Waals surface area (Å²) in [6.07, 6.45) is 4.20. The summed E-state index contributed by atoms with van der Waals surface area (Å²) in [5.41, 5.74) is 8.61. The summed E-state index contributed by atoms with van der Waals surface area (Å²) in [5.74, 6) is 1.13. The van der Waals surface area contributed by atoms with Crippen LogP contribution >= 0.6 is 0 Å². The first kappa shape index (κ1) is 10.5. The number of ether oxygens (including phenoxy) is 1. The fourth-order valence-corrected chi connectivity index (χ4v) is 2.03. The Morgan fingerprint density at radius 2 is 2.33 bits per heavy atom. The van der Waals surface area contributed by atoms with Gasteiger partial charge < -0.3 is 10.5 Å². The molecular weight excluding hydrogens is 186 g/mol. The van der Waals surface area contributed by atoms with E-state index >= 15 is 0 Å². The average Bonchev–Trinajstić information content (AvgIpc) is 2.74. The van der Waals surface area contributed by atoms with Crippen LogP contribution in [0.4, 0.5) is 0 Å². The van der Waals surface area contributed by atoms with Gasteiger partial charge >= 0.3 is 0 Å². The Balaban J connectivity index is 2.06. The number of para-hydroxylation sites is 1. The molecule has 1 heterocycles. The minimum absolute atomic E-state index is 0.322. The Kier molecular flexibility index (Phi) is 3.27. The van der Waals surface area contributed by atoms with Crippen LogP contribution in [-0.4, -0.2) is 12.6 Å². The monoisotopic (exact) mass is 205 g/mol. The molecule has 0 amide bonds. The van der Waals surface area contributed by atoms with Gasteiger partial charge in [-0.15, -0.1) is 0 Å². The lowest BCUT2D eigenvalue weighted by Crippen LogP contribution is -2.19. The zero-order valence-electron chi connectivity index (χ0n) is 9.33. The lowest BCUT2D eigenvalue weighted by molar-refractivity contribution is 0.352. The predicted molar refractivity (Wildman–Crippen MR) is 62.2 cm³/mol. The predicted octanol–water partition coefficient (Wildman–Crippen LogP) is 2.29. The number of benzene rings is 1. The van der Waals surface area contributed by atoms with Crippen LogP contribution in [0, 0.1) is 0 Å². The maximum absolute atomic E-state index is 5.93. The smallest absolute Gasteiger partial charge is 0.125 e. The summed E-state index contributed by atoms with van der Waals surface area (Å²) >= 11 is 0. The summed E-state index contributed by atoms with van der Waals surface area (Å²) in [6.45, 7) is 2.97. The van der Waals surface area contributed by atoms with Gasteiger partial charge in [0.2, 0.25) is 0 Å². The van der Waals surface area contributed by atoms with Crippen molar-refractivity contribution in [2.24, 2.45) is 5.73 Å². The maximum Gasteiger partial charge on any atom is 0.125 e. The summed E-state index contributed by atoms with van der Waals surface area (Å²) < 4.78 is 5.65. The van der Waals surface area contributed by atoms with Crippen molar-refractivity contribution in [2.75, 3.05) is 6.61 Å². The Morgan fingerprint density at radius 1 is 1.47 bits per heavy atom. The Labute approximate surface area is 91.4 Å². The van der Waals surface area contributed by atoms with E-state index in [1.54, 1.807) is 0 Å². The van der Waals surface area contributed by atoms with Crippen LogP contribution < -0.4 is 10.5 Å². The molecule has 1 aliphatic heterocycles. The molecule has 82 valence electrons. The van der Waals surface area contributed by atoms with Gasteiger partial charge in [-0.3, -0.25) is 0 Å². The second-order valence-electron chi connectivity index (χ2n) is 4.21. The summed E-state index contributed by atoms with van der Waals surface area (Å²) in [6, 6.07) is 6.76. The lowest BCUT2D eigenvalue weighted by atomic mass is 10.0. The van der Waals surface area contributed by atoms with Crippen LogP contribution in [0.5, 0.6) is 5.75 Å². The van der Waals surface area contributed by atoms with Gasteiger partial charge in [-0.05, 0) is 30.4 Å². The second kappa shape index (κ2) is 4.67. The highest BCUT2D eigenvalue weighted by molar-refractivity contribution is 5.44. The molecule has 1 atom stereocenters. The zero-order valence-corrected chi connectivity index (χ0v) is 9.33. The van der Waals surface area contributed by atoms with Gasteiger partial charge in [0.05, 0.1) is 6.61 Å². The van der Waals surface area contributed by atoms with E-state index in [9.17, 15) is 0 Å². The van der Waals surface area contributed by atoms with Crippen molar-refractivity contribution in [3.05, 3.63) is 29.3 Å². The van der Waals surface area contributed by atoms with Crippen molar-refractivity contribution in [1.82, 2.24) is 0 Å². The van der Waals surface area contributed by atoms with E-state index in [4.69, 9.17) is 10.5 Å². The first-order chi connectivity index (χ1) is 7.31. The minimum Gasteiger partial charge on any atom is -0.493 e. The molecule has 1 aromatic carbocycles. The van der Waals surface area contributed by atoms with Crippen LogP contribution in [0.3, 0.4) is 0 Å². The van der Waals surface area contributed by atoms with Crippen molar-refractivity contribution >= 4 is 0 Å². The molecule has 1 aliphatic rings. The van der Waals surface area contributed by atoms with Crippen LogP contribution in [0.1, 0.15) is 30.9 Å². The van der Waals surface area contributed by atoms with Crippen LogP contribution in [0.15, 0.2) is 18.2 Å². The van der Waals surface area contributed by atoms with Gasteiger partial charge in [-0.25, -0.2) is 0 Å². The lowest BCUT2D eigenvalue weighted by Gasteiger charge is -2.11. The van der Waals surface area contributed by atoms with Crippen molar-refractivity contribution in [3.8, 4) is 5.75 Å². The number of fused-ring (bicyclic) bond motifs is 1. The van der Waals surface area contributed by atoms with Crippen LogP contribution in [0.2, 0.25) is 0 Å². The van der Waals surface area contributed by atoms with Crippen molar-refractivity contribution in [1.29, 1.82) is 0 Å². The maximum atomic E-state index is 5.93. The summed E-state index contributed by atoms with van der Waals surface area (Å²) in [7, 11) is 0. The molecule has 0 bridgehead atoms. The van der Waals surface area contributed by atoms with E-state index in [1.807, 2.05) is 0 Å². The second-order valence-corrected chi connectivity index (χ2v) is 4.21. The molecule has 0 saturated heterocycles. The van der Waals surface area contributed by atoms with Gasteiger partial charge in [0.15, 0.2) is 0 Å². The third-order valence-electron chi connectivity index (χ3n) is 3.10. The molecule has 2 nitrogen and oxygen atoms in total. The highest BCUT2D eigenvalue weighted by Gasteiger charge is 2.15. The number of nitrogens with two attached hydrogens (primary N) is 1. The standard InChI is InChI=1S/C13H19NO/c1-2-12(14)7-6-10-4-3-5-11-8-9-15-13(10)11/h3-5,12H,2,6-9,14H2,1H3. The van der Waals surface area contributed by atoms with Gasteiger partial charge in [0, 0.05) is 12.5 Å². The fraction of sp³-hybridized carbons (Fsp3) is 0.538. The molecule has 2 N–H and O–H groups in total. The van der Waals surface area contributed by atoms with E-state index in [0.29, 0.717) is 6.04 Å². The van der Waals surface area contributed by atoms with Crippen LogP contribution in [-0.2, 0) is 12.8 Å². The van der Waals surface area contributed by atoms with E-state index in [0.717, 1.165) is 38.0 Å². The molecule has 15 heavy (non-hydrogen) atoms. The van der Waals surface area contributed by atoms with Gasteiger partial charge in [-0.1, -0.05) is 25.1 Å². The molecule has 2 rings (SSSR count). The molecule has 2 heteroatoms. The quantitative estimate of drug-likeness (QED) is 0.818. The van der Waals surface area contributed by atoms with Crippen molar-refractivity contribution in [3.63, 3.8) is 0 Å². The number of rotatable bonds is 4. The Morgan fingerprint density at radius 3 is 3.13 bits per heavy atom. The molecule has 1 unspecified atom stereocenters. The van der Waals surface area contributed by atoms with Gasteiger partial charge in [0.1, 0.15) is 5.75 Å². The first-order valence-corrected chi connectivity index (χ1v) is 5.80. The van der Waals surface area contributed by atoms with E-state index in [1.165, 1.54) is 11.1 Å². The number of hydrogen-bond donors (Lipinski definition) is 1. The summed E-state index contributed by atoms with van der Waals surface area (Å²) in [4.78, 5) is 0. The highest BCUT2D eigenvalue weighted by Crippen LogP contribution is 2.30. The largest absolute Gasteiger partial charge is 0.493 e. The van der Waals surface area contributed by atoms with Crippen LogP contribution in [0.25, 0.3) is 0 Å². The molecule has 1 aromatic rings. The molecule has 0 aliphatic carbocycles. The van der Waals surface area contributed by atoms with E-state index in [2.05, 4.69) is 25.1 Å². The fourth-order valence-electron chi connectivity index (χ4n) is 2.03. The first-order valence-electron chi connectivity index (χ1n) is 5.80. The van der Waals surface area contributed by atoms with Gasteiger partial charge in [0.25, 0.3) is 0 Å². The molecule has 0 radical (unpaired) electrons. The van der Waals surface area contributed by atoms with E-state index < -0.39 is 0 Å². The topological polar surface area (TPSA) is 35.2 Å². The highest BCUT2D eigenvalue weighted by atomic mass is 16.5. The zero-order chi connectivity index (χ0) is 10.7. The van der Waals surface area contributed by atoms with Crippen molar-refractivity contribution in [2.45, 2.75) is 38.6 Å². The summed E-state index contributed by atoms with van der Waals surface area (Å²) in [5, 5.41) is 0. The normalized spacial score (nSPS) is 15.9.